The molecule has 0 aliphatic heterocycles. The molecule has 3 rings (SSSR count). The van der Waals surface area contributed by atoms with E-state index in [1.54, 1.807) is 0 Å². The molecule has 122 valence electrons. The molecule has 0 bridgehead atoms. The van der Waals surface area contributed by atoms with Crippen LogP contribution in [0.15, 0.2) is 48.5 Å². The van der Waals surface area contributed by atoms with E-state index < -0.39 is 0 Å². The van der Waals surface area contributed by atoms with Crippen molar-refractivity contribution in [3.8, 4) is 5.75 Å². The van der Waals surface area contributed by atoms with Crippen molar-refractivity contribution in [3.63, 3.8) is 0 Å². The fourth-order valence-corrected chi connectivity index (χ4v) is 2.85. The standard InChI is InChI=1S/C21H27NO/c1-21(2,3)17-11-12-19(18(13-17)20(22)16-9-10-16)23-14-15-7-5-4-6-8-15/h4-8,11-13,16,20H,9-10,14,22H2,1-3H3. The van der Waals surface area contributed by atoms with E-state index in [1.165, 1.54) is 24.0 Å². The summed E-state index contributed by atoms with van der Waals surface area (Å²) in [6, 6.07) is 16.9. The molecule has 1 atom stereocenters. The van der Waals surface area contributed by atoms with Crippen LogP contribution in [0.3, 0.4) is 0 Å². The summed E-state index contributed by atoms with van der Waals surface area (Å²) in [7, 11) is 0. The van der Waals surface area contributed by atoms with Crippen molar-refractivity contribution in [3.05, 3.63) is 65.2 Å². The first kappa shape index (κ1) is 16.1. The zero-order chi connectivity index (χ0) is 16.4. The number of hydrogen-bond acceptors (Lipinski definition) is 2. The Kier molecular flexibility index (Phi) is 4.45. The van der Waals surface area contributed by atoms with E-state index in [9.17, 15) is 0 Å². The van der Waals surface area contributed by atoms with Gasteiger partial charge in [-0.1, -0.05) is 57.2 Å². The van der Waals surface area contributed by atoms with Crippen LogP contribution in [-0.4, -0.2) is 0 Å². The smallest absolute Gasteiger partial charge is 0.124 e. The van der Waals surface area contributed by atoms with Gasteiger partial charge in [0.25, 0.3) is 0 Å². The zero-order valence-corrected chi connectivity index (χ0v) is 14.4. The van der Waals surface area contributed by atoms with Crippen LogP contribution >= 0.6 is 0 Å². The van der Waals surface area contributed by atoms with Crippen LogP contribution in [0.4, 0.5) is 0 Å². The maximum Gasteiger partial charge on any atom is 0.124 e. The Hall–Kier alpha value is -1.80. The van der Waals surface area contributed by atoms with Gasteiger partial charge in [0.2, 0.25) is 0 Å². The quantitative estimate of drug-likeness (QED) is 0.846. The number of nitrogens with two attached hydrogens (primary N) is 1. The second-order valence-electron chi connectivity index (χ2n) is 7.64. The van der Waals surface area contributed by atoms with Crippen molar-refractivity contribution in [2.75, 3.05) is 0 Å². The normalized spacial score (nSPS) is 16.2. The summed E-state index contributed by atoms with van der Waals surface area (Å²) < 4.78 is 6.11. The Morgan fingerprint density at radius 1 is 1.09 bits per heavy atom. The van der Waals surface area contributed by atoms with Gasteiger partial charge in [-0.25, -0.2) is 0 Å². The summed E-state index contributed by atoms with van der Waals surface area (Å²) in [5.74, 6) is 1.55. The molecule has 0 aromatic heterocycles. The molecule has 1 saturated carbocycles. The van der Waals surface area contributed by atoms with Crippen molar-refractivity contribution in [2.24, 2.45) is 11.7 Å². The van der Waals surface area contributed by atoms with Gasteiger partial charge in [0, 0.05) is 11.6 Å². The number of rotatable bonds is 5. The highest BCUT2D eigenvalue weighted by Gasteiger charge is 2.32. The average Bonchev–Trinajstić information content (AvgIpc) is 3.37. The minimum absolute atomic E-state index is 0.0862. The summed E-state index contributed by atoms with van der Waals surface area (Å²) in [5, 5.41) is 0. The Morgan fingerprint density at radius 2 is 1.78 bits per heavy atom. The average molecular weight is 309 g/mol. The van der Waals surface area contributed by atoms with E-state index in [0.29, 0.717) is 12.5 Å². The summed E-state index contributed by atoms with van der Waals surface area (Å²) >= 11 is 0. The fraction of sp³-hybridized carbons (Fsp3) is 0.429. The lowest BCUT2D eigenvalue weighted by Gasteiger charge is -2.24. The van der Waals surface area contributed by atoms with Crippen LogP contribution in [0.2, 0.25) is 0 Å². The zero-order valence-electron chi connectivity index (χ0n) is 14.4. The van der Waals surface area contributed by atoms with Gasteiger partial charge in [0.05, 0.1) is 0 Å². The van der Waals surface area contributed by atoms with Crippen LogP contribution in [0, 0.1) is 5.92 Å². The Bertz CT molecular complexity index is 653. The third-order valence-electron chi connectivity index (χ3n) is 4.60. The van der Waals surface area contributed by atoms with E-state index in [4.69, 9.17) is 10.5 Å². The predicted molar refractivity (Wildman–Crippen MR) is 95.6 cm³/mol. The minimum Gasteiger partial charge on any atom is -0.489 e. The fourth-order valence-electron chi connectivity index (χ4n) is 2.85. The first-order valence-electron chi connectivity index (χ1n) is 8.52. The largest absolute Gasteiger partial charge is 0.489 e. The van der Waals surface area contributed by atoms with Gasteiger partial charge in [-0.05, 0) is 47.4 Å². The maximum absolute atomic E-state index is 6.50. The maximum atomic E-state index is 6.50. The molecular formula is C21H27NO. The van der Waals surface area contributed by atoms with E-state index >= 15 is 0 Å². The molecule has 0 heterocycles. The predicted octanol–water partition coefficient (Wildman–Crippen LogP) is 4.97. The van der Waals surface area contributed by atoms with Crippen LogP contribution in [-0.2, 0) is 12.0 Å². The van der Waals surface area contributed by atoms with Crippen molar-refractivity contribution in [1.82, 2.24) is 0 Å². The van der Waals surface area contributed by atoms with Gasteiger partial charge < -0.3 is 10.5 Å². The summed E-state index contributed by atoms with van der Waals surface area (Å²) in [6.45, 7) is 7.29. The monoisotopic (exact) mass is 309 g/mol. The number of benzene rings is 2. The molecule has 2 heteroatoms. The van der Waals surface area contributed by atoms with E-state index in [2.05, 4.69) is 51.1 Å². The molecule has 1 aliphatic carbocycles. The van der Waals surface area contributed by atoms with Gasteiger partial charge in [-0.3, -0.25) is 0 Å². The molecule has 0 radical (unpaired) electrons. The third-order valence-corrected chi connectivity index (χ3v) is 4.60. The molecule has 2 aromatic rings. The molecule has 2 nitrogen and oxygen atoms in total. The number of hydrogen-bond donors (Lipinski definition) is 1. The van der Waals surface area contributed by atoms with Crippen LogP contribution in [0.5, 0.6) is 5.75 Å². The number of ether oxygens (including phenoxy) is 1. The Labute approximate surface area is 139 Å². The molecule has 0 saturated heterocycles. The molecule has 1 unspecified atom stereocenters. The molecule has 0 amide bonds. The lowest BCUT2D eigenvalue weighted by Crippen LogP contribution is -2.17. The molecule has 1 fully saturated rings. The van der Waals surface area contributed by atoms with Crippen LogP contribution in [0.1, 0.15) is 56.3 Å². The highest BCUT2D eigenvalue weighted by molar-refractivity contribution is 5.42. The summed E-state index contributed by atoms with van der Waals surface area (Å²) in [5.41, 5.74) is 10.3. The van der Waals surface area contributed by atoms with Gasteiger partial charge in [0.1, 0.15) is 12.4 Å². The van der Waals surface area contributed by atoms with Gasteiger partial charge >= 0.3 is 0 Å². The lowest BCUT2D eigenvalue weighted by molar-refractivity contribution is 0.299. The lowest BCUT2D eigenvalue weighted by atomic mass is 9.85. The molecule has 1 aliphatic rings. The SMILES string of the molecule is CC(C)(C)c1ccc(OCc2ccccc2)c(C(N)C2CC2)c1. The first-order chi connectivity index (χ1) is 10.9. The van der Waals surface area contributed by atoms with E-state index in [-0.39, 0.29) is 11.5 Å². The Balaban J connectivity index is 1.85. The minimum atomic E-state index is 0.0862. The summed E-state index contributed by atoms with van der Waals surface area (Å²) in [4.78, 5) is 0. The van der Waals surface area contributed by atoms with Crippen molar-refractivity contribution >= 4 is 0 Å². The molecule has 0 spiro atoms. The molecular weight excluding hydrogens is 282 g/mol. The van der Waals surface area contributed by atoms with E-state index in [1.807, 2.05) is 18.2 Å². The second-order valence-corrected chi connectivity index (χ2v) is 7.64. The third kappa shape index (κ3) is 3.94. The van der Waals surface area contributed by atoms with Crippen LogP contribution in [0.25, 0.3) is 0 Å². The van der Waals surface area contributed by atoms with Crippen molar-refractivity contribution < 1.29 is 4.74 Å². The van der Waals surface area contributed by atoms with Gasteiger partial charge in [-0.15, -0.1) is 0 Å². The molecule has 2 aromatic carbocycles. The van der Waals surface area contributed by atoms with Crippen molar-refractivity contribution in [2.45, 2.75) is 51.7 Å². The van der Waals surface area contributed by atoms with Gasteiger partial charge in [-0.2, -0.15) is 0 Å². The topological polar surface area (TPSA) is 35.2 Å². The first-order valence-corrected chi connectivity index (χ1v) is 8.52. The van der Waals surface area contributed by atoms with Gasteiger partial charge in [0.15, 0.2) is 0 Å². The van der Waals surface area contributed by atoms with E-state index in [0.717, 1.165) is 11.3 Å². The molecule has 23 heavy (non-hydrogen) atoms. The summed E-state index contributed by atoms with van der Waals surface area (Å²) in [6.07, 6.45) is 2.47. The van der Waals surface area contributed by atoms with Crippen LogP contribution < -0.4 is 10.5 Å². The molecule has 2 N–H and O–H groups in total. The highest BCUT2D eigenvalue weighted by atomic mass is 16.5. The second kappa shape index (κ2) is 6.37. The van der Waals surface area contributed by atoms with Crippen molar-refractivity contribution in [1.29, 1.82) is 0 Å². The Morgan fingerprint density at radius 3 is 2.39 bits per heavy atom. The highest BCUT2D eigenvalue weighted by Crippen LogP contribution is 2.43.